The number of rotatable bonds is 4. The Kier molecular flexibility index (Phi) is 5.43. The first-order chi connectivity index (χ1) is 11.6. The summed E-state index contributed by atoms with van der Waals surface area (Å²) in [4.78, 5) is 22.3. The van der Waals surface area contributed by atoms with Crippen molar-refractivity contribution in [3.8, 4) is 0 Å². The van der Waals surface area contributed by atoms with Crippen LogP contribution in [0, 0.1) is 13.8 Å². The number of carbonyl (C=O) groups excluding carboxylic acids is 1. The molecule has 2 heterocycles. The van der Waals surface area contributed by atoms with Gasteiger partial charge in [-0.3, -0.25) is 9.69 Å². The second-order valence-electron chi connectivity index (χ2n) is 6.07. The van der Waals surface area contributed by atoms with Crippen molar-refractivity contribution in [3.05, 3.63) is 57.6 Å². The Balaban J connectivity index is 1.49. The van der Waals surface area contributed by atoms with E-state index in [0.29, 0.717) is 5.01 Å². The Morgan fingerprint density at radius 3 is 2.50 bits per heavy atom. The summed E-state index contributed by atoms with van der Waals surface area (Å²) in [5, 5.41) is 0.627. The minimum atomic E-state index is 0.0793. The molecule has 0 aliphatic carbocycles. The van der Waals surface area contributed by atoms with Crippen LogP contribution in [0.15, 0.2) is 36.4 Å². The van der Waals surface area contributed by atoms with Crippen LogP contribution in [0.2, 0.25) is 0 Å². The first kappa shape index (κ1) is 16.9. The van der Waals surface area contributed by atoms with E-state index in [1.165, 1.54) is 16.9 Å². The average molecular weight is 341 g/mol. The molecule has 1 amide bonds. The van der Waals surface area contributed by atoms with Gasteiger partial charge < -0.3 is 4.90 Å². The van der Waals surface area contributed by atoms with E-state index in [2.05, 4.69) is 34.2 Å². The number of amides is 1. The zero-order valence-corrected chi connectivity index (χ0v) is 15.1. The van der Waals surface area contributed by atoms with Crippen molar-refractivity contribution in [1.29, 1.82) is 0 Å². The molecule has 1 aliphatic rings. The van der Waals surface area contributed by atoms with Gasteiger partial charge in [-0.2, -0.15) is 0 Å². The van der Waals surface area contributed by atoms with E-state index in [9.17, 15) is 4.79 Å². The number of hydrogen-bond acceptors (Lipinski definition) is 4. The summed E-state index contributed by atoms with van der Waals surface area (Å²) in [6.07, 6.45) is 4.35. The first-order valence-corrected chi connectivity index (χ1v) is 9.12. The fourth-order valence-electron chi connectivity index (χ4n) is 2.74. The van der Waals surface area contributed by atoms with Gasteiger partial charge in [0, 0.05) is 37.6 Å². The second-order valence-corrected chi connectivity index (χ2v) is 7.27. The maximum Gasteiger partial charge on any atom is 0.282 e. The normalized spacial score (nSPS) is 16.0. The number of nitrogens with zero attached hydrogens (tertiary/aromatic N) is 3. The summed E-state index contributed by atoms with van der Waals surface area (Å²) in [6.45, 7) is 8.26. The van der Waals surface area contributed by atoms with Crippen LogP contribution in [0.3, 0.4) is 0 Å². The van der Waals surface area contributed by atoms with E-state index in [4.69, 9.17) is 0 Å². The molecule has 0 radical (unpaired) electrons. The molecule has 1 aromatic heterocycles. The van der Waals surface area contributed by atoms with Crippen LogP contribution in [-0.2, 0) is 0 Å². The van der Waals surface area contributed by atoms with E-state index in [-0.39, 0.29) is 5.91 Å². The fourth-order valence-corrected chi connectivity index (χ4v) is 3.62. The summed E-state index contributed by atoms with van der Waals surface area (Å²) >= 11 is 1.50. The predicted molar refractivity (Wildman–Crippen MR) is 99.4 cm³/mol. The molecule has 0 bridgehead atoms. The lowest BCUT2D eigenvalue weighted by Crippen LogP contribution is -2.48. The monoisotopic (exact) mass is 341 g/mol. The SMILES string of the molecule is Cc1nc(C(=O)N2CCN(C/C=C/c3ccccc3)CC2)sc1C. The van der Waals surface area contributed by atoms with Gasteiger partial charge in [0.25, 0.3) is 5.91 Å². The number of carbonyl (C=O) groups is 1. The molecular formula is C19H23N3OS. The van der Waals surface area contributed by atoms with E-state index in [1.54, 1.807) is 0 Å². The third kappa shape index (κ3) is 4.10. The fraction of sp³-hybridized carbons (Fsp3) is 0.368. The lowest BCUT2D eigenvalue weighted by Gasteiger charge is -2.33. The zero-order valence-electron chi connectivity index (χ0n) is 14.2. The minimum Gasteiger partial charge on any atom is -0.334 e. The summed E-state index contributed by atoms with van der Waals surface area (Å²) < 4.78 is 0. The van der Waals surface area contributed by atoms with Crippen LogP contribution in [0.25, 0.3) is 6.08 Å². The van der Waals surface area contributed by atoms with Gasteiger partial charge in [0.15, 0.2) is 5.01 Å². The van der Waals surface area contributed by atoms with Crippen molar-refractivity contribution in [3.63, 3.8) is 0 Å². The van der Waals surface area contributed by atoms with Gasteiger partial charge >= 0.3 is 0 Å². The molecule has 0 atom stereocenters. The van der Waals surface area contributed by atoms with Crippen molar-refractivity contribution >= 4 is 23.3 Å². The third-order valence-corrected chi connectivity index (χ3v) is 5.41. The largest absolute Gasteiger partial charge is 0.334 e. The van der Waals surface area contributed by atoms with Crippen LogP contribution >= 0.6 is 11.3 Å². The molecular weight excluding hydrogens is 318 g/mol. The third-order valence-electron chi connectivity index (χ3n) is 4.34. The highest BCUT2D eigenvalue weighted by Crippen LogP contribution is 2.19. The summed E-state index contributed by atoms with van der Waals surface area (Å²) in [7, 11) is 0. The van der Waals surface area contributed by atoms with E-state index >= 15 is 0 Å². The summed E-state index contributed by atoms with van der Waals surface area (Å²) in [6, 6.07) is 10.3. The number of piperazine rings is 1. The summed E-state index contributed by atoms with van der Waals surface area (Å²) in [5.41, 5.74) is 2.19. The Hall–Kier alpha value is -1.98. The Bertz CT molecular complexity index is 696. The molecule has 5 heteroatoms. The smallest absolute Gasteiger partial charge is 0.282 e. The van der Waals surface area contributed by atoms with Crippen LogP contribution in [-0.4, -0.2) is 53.4 Å². The van der Waals surface area contributed by atoms with Crippen molar-refractivity contribution < 1.29 is 4.79 Å². The van der Waals surface area contributed by atoms with Crippen LogP contribution in [0.1, 0.15) is 25.9 Å². The molecule has 0 unspecified atom stereocenters. The van der Waals surface area contributed by atoms with Gasteiger partial charge in [-0.15, -0.1) is 11.3 Å². The van der Waals surface area contributed by atoms with Crippen LogP contribution < -0.4 is 0 Å². The lowest BCUT2D eigenvalue weighted by atomic mass is 10.2. The summed E-state index contributed by atoms with van der Waals surface area (Å²) in [5.74, 6) is 0.0793. The van der Waals surface area contributed by atoms with Crippen LogP contribution in [0.5, 0.6) is 0 Å². The van der Waals surface area contributed by atoms with E-state index in [1.807, 2.05) is 36.9 Å². The highest BCUT2D eigenvalue weighted by Gasteiger charge is 2.24. The molecule has 0 N–H and O–H groups in total. The number of benzene rings is 1. The van der Waals surface area contributed by atoms with Gasteiger partial charge in [0.05, 0.1) is 5.69 Å². The predicted octanol–water partition coefficient (Wildman–Crippen LogP) is 3.23. The number of hydrogen-bond donors (Lipinski definition) is 0. The average Bonchev–Trinajstić information content (AvgIpc) is 2.95. The van der Waals surface area contributed by atoms with Gasteiger partial charge in [0.1, 0.15) is 0 Å². The van der Waals surface area contributed by atoms with Gasteiger partial charge in [0.2, 0.25) is 0 Å². The van der Waals surface area contributed by atoms with Crippen molar-refractivity contribution in [1.82, 2.24) is 14.8 Å². The molecule has 2 aromatic rings. The van der Waals surface area contributed by atoms with Crippen molar-refractivity contribution in [2.45, 2.75) is 13.8 Å². The molecule has 1 fully saturated rings. The maximum atomic E-state index is 12.5. The molecule has 0 saturated carbocycles. The minimum absolute atomic E-state index is 0.0793. The maximum absolute atomic E-state index is 12.5. The Morgan fingerprint density at radius 2 is 1.88 bits per heavy atom. The number of thiazole rings is 1. The molecule has 1 saturated heterocycles. The highest BCUT2D eigenvalue weighted by molar-refractivity contribution is 7.13. The molecule has 1 aliphatic heterocycles. The lowest BCUT2D eigenvalue weighted by molar-refractivity contribution is 0.0650. The zero-order chi connectivity index (χ0) is 16.9. The van der Waals surface area contributed by atoms with Crippen molar-refractivity contribution in [2.75, 3.05) is 32.7 Å². The second kappa shape index (κ2) is 7.73. The topological polar surface area (TPSA) is 36.4 Å². The molecule has 1 aromatic carbocycles. The van der Waals surface area contributed by atoms with Gasteiger partial charge in [-0.1, -0.05) is 42.5 Å². The van der Waals surface area contributed by atoms with E-state index < -0.39 is 0 Å². The molecule has 3 rings (SSSR count). The molecule has 4 nitrogen and oxygen atoms in total. The molecule has 126 valence electrons. The van der Waals surface area contributed by atoms with E-state index in [0.717, 1.165) is 43.3 Å². The highest BCUT2D eigenvalue weighted by atomic mass is 32.1. The first-order valence-electron chi connectivity index (χ1n) is 8.31. The quantitative estimate of drug-likeness (QED) is 0.857. The standard InChI is InChI=1S/C19H23N3OS/c1-15-16(2)24-18(20-15)19(23)22-13-11-21(12-14-22)10-6-9-17-7-4-3-5-8-17/h3-9H,10-14H2,1-2H3/b9-6+. The molecule has 0 spiro atoms. The van der Waals surface area contributed by atoms with Crippen molar-refractivity contribution in [2.24, 2.45) is 0 Å². The van der Waals surface area contributed by atoms with Crippen LogP contribution in [0.4, 0.5) is 0 Å². The Morgan fingerprint density at radius 1 is 1.17 bits per heavy atom. The molecule has 24 heavy (non-hydrogen) atoms. The number of aryl methyl sites for hydroxylation is 2. The van der Waals surface area contributed by atoms with Gasteiger partial charge in [-0.05, 0) is 19.4 Å². The number of aromatic nitrogens is 1. The Labute approximate surface area is 147 Å². The van der Waals surface area contributed by atoms with Gasteiger partial charge in [-0.25, -0.2) is 4.98 Å².